The Kier molecular flexibility index (Phi) is 9.56. The average molecular weight is 458 g/mol. The number of benzene rings is 1. The summed E-state index contributed by atoms with van der Waals surface area (Å²) in [6.45, 7) is 13.1. The Labute approximate surface area is 227 Å². The van der Waals surface area contributed by atoms with Crippen molar-refractivity contribution in [1.82, 2.24) is 9.88 Å². The number of aromatic nitrogens is 1. The van der Waals surface area contributed by atoms with E-state index in [9.17, 15) is 0 Å². The number of rotatable bonds is 4. The van der Waals surface area contributed by atoms with Crippen molar-refractivity contribution in [3.05, 3.63) is 23.2 Å². The molecule has 1 aromatic heterocycles. The standard InChI is InChI=1S/C19H27BN2O2S.C2H4O2.K.H/c1-18(2)19(3,4)24-20(23-18)14-7-8-16-15(13-14)21-17(25-16)9-12-22-10-5-6-11-22;1-2(3)4;;/h7-8,13H,5-6,9-12H2,1-4H3;1H3,(H,3,4);;/q;;+1;-1. The molecule has 0 unspecified atom stereocenters. The Morgan fingerprint density at radius 2 is 1.80 bits per heavy atom. The number of aliphatic carboxylic acids is 1. The number of hydrogen-bond acceptors (Lipinski definition) is 6. The first kappa shape index (κ1) is 26.4. The minimum atomic E-state index is -0.833. The molecule has 2 aliphatic rings. The third-order valence-corrected chi connectivity index (χ3v) is 6.92. The van der Waals surface area contributed by atoms with Crippen molar-refractivity contribution in [2.75, 3.05) is 19.6 Å². The number of thiazole rings is 1. The average Bonchev–Trinajstić information content (AvgIpc) is 3.30. The first-order valence-corrected chi connectivity index (χ1v) is 11.1. The van der Waals surface area contributed by atoms with Crippen molar-refractivity contribution < 1.29 is 72.0 Å². The molecule has 9 heteroatoms. The van der Waals surface area contributed by atoms with Gasteiger partial charge in [0.1, 0.15) is 0 Å². The van der Waals surface area contributed by atoms with E-state index >= 15 is 0 Å². The van der Waals surface area contributed by atoms with Gasteiger partial charge in [-0.1, -0.05) is 6.07 Å². The maximum atomic E-state index is 9.00. The van der Waals surface area contributed by atoms with Crippen LogP contribution in [0.2, 0.25) is 0 Å². The summed E-state index contributed by atoms with van der Waals surface area (Å²) in [5, 5.41) is 8.65. The fourth-order valence-corrected chi connectivity index (χ4v) is 4.42. The number of carboxylic acid groups (broad SMARTS) is 1. The van der Waals surface area contributed by atoms with Crippen LogP contribution in [0.25, 0.3) is 10.2 Å². The number of fused-ring (bicyclic) bond motifs is 1. The van der Waals surface area contributed by atoms with Gasteiger partial charge >= 0.3 is 58.5 Å². The fourth-order valence-electron chi connectivity index (χ4n) is 3.48. The zero-order valence-corrected chi connectivity index (χ0v) is 23.0. The molecule has 1 aromatic carbocycles. The molecule has 160 valence electrons. The normalized spacial score (nSPS) is 20.0. The number of likely N-dealkylation sites (tertiary alicyclic amines) is 1. The second-order valence-corrected chi connectivity index (χ2v) is 9.86. The van der Waals surface area contributed by atoms with E-state index in [1.54, 1.807) is 0 Å². The predicted molar refractivity (Wildman–Crippen MR) is 119 cm³/mol. The second kappa shape index (κ2) is 10.9. The third-order valence-electron chi connectivity index (χ3n) is 5.82. The van der Waals surface area contributed by atoms with Crippen LogP contribution in [0.3, 0.4) is 0 Å². The van der Waals surface area contributed by atoms with Crippen LogP contribution in [0.15, 0.2) is 18.2 Å². The van der Waals surface area contributed by atoms with Crippen molar-refractivity contribution in [1.29, 1.82) is 0 Å². The molecule has 2 fully saturated rings. The molecular weight excluding hydrogens is 426 g/mol. The molecule has 0 aliphatic carbocycles. The van der Waals surface area contributed by atoms with Gasteiger partial charge in [-0.05, 0) is 71.2 Å². The van der Waals surface area contributed by atoms with Crippen molar-refractivity contribution in [2.24, 2.45) is 0 Å². The van der Waals surface area contributed by atoms with E-state index in [1.165, 1.54) is 35.6 Å². The summed E-state index contributed by atoms with van der Waals surface area (Å²) < 4.78 is 13.6. The Hall–Kier alpha value is 0.161. The van der Waals surface area contributed by atoms with Crippen LogP contribution in [0.4, 0.5) is 0 Å². The van der Waals surface area contributed by atoms with Crippen molar-refractivity contribution in [2.45, 2.75) is 65.1 Å². The quantitative estimate of drug-likeness (QED) is 0.671. The molecule has 0 saturated carbocycles. The minimum absolute atomic E-state index is 0. The van der Waals surface area contributed by atoms with E-state index in [2.05, 4.69) is 50.8 Å². The first-order chi connectivity index (χ1) is 13.6. The van der Waals surface area contributed by atoms with Gasteiger partial charge in [0.25, 0.3) is 5.97 Å². The van der Waals surface area contributed by atoms with Crippen molar-refractivity contribution >= 4 is 40.1 Å². The molecule has 0 atom stereocenters. The number of carbonyl (C=O) groups is 1. The summed E-state index contributed by atoms with van der Waals surface area (Å²) in [7, 11) is -0.316. The van der Waals surface area contributed by atoms with Crippen LogP contribution < -0.4 is 56.8 Å². The van der Waals surface area contributed by atoms with Gasteiger partial charge < -0.3 is 20.7 Å². The predicted octanol–water partition coefficient (Wildman–Crippen LogP) is 0.441. The van der Waals surface area contributed by atoms with Crippen LogP contribution in [0.5, 0.6) is 0 Å². The van der Waals surface area contributed by atoms with E-state index < -0.39 is 5.97 Å². The molecule has 1 N–H and O–H groups in total. The largest absolute Gasteiger partial charge is 1.00 e. The third kappa shape index (κ3) is 6.59. The molecule has 30 heavy (non-hydrogen) atoms. The molecule has 2 aliphatic heterocycles. The topological polar surface area (TPSA) is 71.9 Å². The molecule has 4 rings (SSSR count). The number of carboxylic acids is 1. The van der Waals surface area contributed by atoms with Gasteiger partial charge in [-0.25, -0.2) is 4.98 Å². The maximum Gasteiger partial charge on any atom is 1.00 e. The number of nitrogens with zero attached hydrogens (tertiary/aromatic N) is 2. The van der Waals surface area contributed by atoms with E-state index in [4.69, 9.17) is 24.2 Å². The molecule has 0 bridgehead atoms. The molecular formula is C21H32BKN2O4S. The van der Waals surface area contributed by atoms with Gasteiger partial charge in [0.2, 0.25) is 0 Å². The fraction of sp³-hybridized carbons (Fsp3) is 0.619. The summed E-state index contributed by atoms with van der Waals surface area (Å²) in [5.41, 5.74) is 1.50. The minimum Gasteiger partial charge on any atom is -1.00 e. The van der Waals surface area contributed by atoms with Crippen molar-refractivity contribution in [3.63, 3.8) is 0 Å². The Balaban J connectivity index is 0.000000741. The summed E-state index contributed by atoms with van der Waals surface area (Å²) in [6, 6.07) is 6.41. The van der Waals surface area contributed by atoms with Crippen molar-refractivity contribution in [3.8, 4) is 0 Å². The first-order valence-electron chi connectivity index (χ1n) is 10.2. The monoisotopic (exact) mass is 458 g/mol. The van der Waals surface area contributed by atoms with E-state index in [-0.39, 0.29) is 71.1 Å². The summed E-state index contributed by atoms with van der Waals surface area (Å²) in [5.74, 6) is -0.833. The number of hydrogen-bond donors (Lipinski definition) is 1. The van der Waals surface area contributed by atoms with Crippen LogP contribution in [0, 0.1) is 0 Å². The molecule has 6 nitrogen and oxygen atoms in total. The zero-order chi connectivity index (χ0) is 21.2. The van der Waals surface area contributed by atoms with Gasteiger partial charge in [-0.3, -0.25) is 4.79 Å². The molecule has 2 aromatic rings. The summed E-state index contributed by atoms with van der Waals surface area (Å²) in [6.07, 6.45) is 3.74. The molecule has 3 heterocycles. The molecule has 0 radical (unpaired) electrons. The molecule has 0 amide bonds. The molecule has 2 saturated heterocycles. The van der Waals surface area contributed by atoms with E-state index in [0.717, 1.165) is 30.9 Å². The van der Waals surface area contributed by atoms with Gasteiger partial charge in [-0.15, -0.1) is 11.3 Å². The Morgan fingerprint density at radius 3 is 2.37 bits per heavy atom. The van der Waals surface area contributed by atoms with Gasteiger partial charge in [0.05, 0.1) is 26.4 Å². The van der Waals surface area contributed by atoms with Crippen LogP contribution in [-0.2, 0) is 20.5 Å². The van der Waals surface area contributed by atoms with Gasteiger partial charge in [0, 0.05) is 19.9 Å². The van der Waals surface area contributed by atoms with E-state index in [0.29, 0.717) is 0 Å². The van der Waals surface area contributed by atoms with Crippen LogP contribution in [0.1, 0.15) is 53.9 Å². The second-order valence-electron chi connectivity index (χ2n) is 8.74. The summed E-state index contributed by atoms with van der Waals surface area (Å²) in [4.78, 5) is 16.4. The summed E-state index contributed by atoms with van der Waals surface area (Å²) >= 11 is 1.81. The maximum absolute atomic E-state index is 9.00. The van der Waals surface area contributed by atoms with Crippen LogP contribution >= 0.6 is 11.3 Å². The van der Waals surface area contributed by atoms with Gasteiger partial charge in [0.15, 0.2) is 0 Å². The van der Waals surface area contributed by atoms with E-state index in [1.807, 2.05) is 11.3 Å². The van der Waals surface area contributed by atoms with Crippen LogP contribution in [-0.4, -0.2) is 58.9 Å². The smallest absolute Gasteiger partial charge is 1.00 e. The Morgan fingerprint density at radius 1 is 1.23 bits per heavy atom. The zero-order valence-electron chi connectivity index (χ0n) is 20.0. The Bertz CT molecular complexity index is 854. The molecule has 0 spiro atoms. The van der Waals surface area contributed by atoms with Gasteiger partial charge in [-0.2, -0.15) is 0 Å². The SMILES string of the molecule is CC(=O)O.CC1(C)OB(c2ccc3sc(CCN4CCCC4)nc3c2)OC1(C)C.[H-].[K+].